The molecular formula is C12H17N5O2. The SMILES string of the molecule is CCOc1c(N)cccc1-c1nnnn1CCOC. The highest BCUT2D eigenvalue weighted by molar-refractivity contribution is 5.73. The molecule has 0 aliphatic carbocycles. The summed E-state index contributed by atoms with van der Waals surface area (Å²) in [6, 6.07) is 5.52. The number of hydrogen-bond donors (Lipinski definition) is 1. The van der Waals surface area contributed by atoms with Crippen LogP contribution in [0, 0.1) is 0 Å². The Balaban J connectivity index is 2.41. The number of ether oxygens (including phenoxy) is 2. The Morgan fingerprint density at radius 2 is 2.21 bits per heavy atom. The number of para-hydroxylation sites is 1. The van der Waals surface area contributed by atoms with Crippen molar-refractivity contribution in [3.8, 4) is 17.1 Å². The maximum Gasteiger partial charge on any atom is 0.185 e. The van der Waals surface area contributed by atoms with Crippen LogP contribution in [0.15, 0.2) is 18.2 Å². The Morgan fingerprint density at radius 1 is 1.37 bits per heavy atom. The van der Waals surface area contributed by atoms with Crippen molar-refractivity contribution in [3.63, 3.8) is 0 Å². The molecule has 0 amide bonds. The third kappa shape index (κ3) is 2.82. The van der Waals surface area contributed by atoms with E-state index in [2.05, 4.69) is 15.5 Å². The van der Waals surface area contributed by atoms with E-state index in [0.29, 0.717) is 37.0 Å². The number of benzene rings is 1. The number of nitrogens with two attached hydrogens (primary N) is 1. The predicted octanol–water partition coefficient (Wildman–Crippen LogP) is 0.967. The molecule has 0 saturated carbocycles. The fraction of sp³-hybridized carbons (Fsp3) is 0.417. The number of methoxy groups -OCH3 is 1. The van der Waals surface area contributed by atoms with Crippen molar-refractivity contribution in [3.05, 3.63) is 18.2 Å². The summed E-state index contributed by atoms with van der Waals surface area (Å²) >= 11 is 0. The molecule has 7 nitrogen and oxygen atoms in total. The van der Waals surface area contributed by atoms with Gasteiger partial charge in [0.25, 0.3) is 0 Å². The van der Waals surface area contributed by atoms with Gasteiger partial charge in [-0.25, -0.2) is 4.68 Å². The van der Waals surface area contributed by atoms with E-state index < -0.39 is 0 Å². The van der Waals surface area contributed by atoms with Gasteiger partial charge in [-0.3, -0.25) is 0 Å². The molecule has 0 aliphatic heterocycles. The fourth-order valence-corrected chi connectivity index (χ4v) is 1.76. The Hall–Kier alpha value is -2.15. The lowest BCUT2D eigenvalue weighted by atomic mass is 10.1. The minimum Gasteiger partial charge on any atom is -0.491 e. The van der Waals surface area contributed by atoms with Gasteiger partial charge in [-0.2, -0.15) is 0 Å². The highest BCUT2D eigenvalue weighted by atomic mass is 16.5. The van der Waals surface area contributed by atoms with Crippen LogP contribution in [0.25, 0.3) is 11.4 Å². The molecule has 0 saturated heterocycles. The number of rotatable bonds is 6. The largest absolute Gasteiger partial charge is 0.491 e. The molecule has 0 spiro atoms. The summed E-state index contributed by atoms with van der Waals surface area (Å²) in [5.74, 6) is 1.23. The molecule has 102 valence electrons. The molecule has 0 radical (unpaired) electrons. The van der Waals surface area contributed by atoms with Gasteiger partial charge >= 0.3 is 0 Å². The second-order valence-electron chi connectivity index (χ2n) is 3.88. The lowest BCUT2D eigenvalue weighted by Crippen LogP contribution is -2.09. The molecule has 0 unspecified atom stereocenters. The van der Waals surface area contributed by atoms with E-state index >= 15 is 0 Å². The van der Waals surface area contributed by atoms with E-state index in [4.69, 9.17) is 15.2 Å². The molecule has 2 aromatic rings. The van der Waals surface area contributed by atoms with Gasteiger partial charge in [0.2, 0.25) is 0 Å². The zero-order valence-corrected chi connectivity index (χ0v) is 11.0. The van der Waals surface area contributed by atoms with Gasteiger partial charge in [0.15, 0.2) is 11.6 Å². The van der Waals surface area contributed by atoms with Crippen LogP contribution in [-0.2, 0) is 11.3 Å². The first-order chi connectivity index (χ1) is 9.27. The molecule has 1 heterocycles. The van der Waals surface area contributed by atoms with Crippen LogP contribution in [0.2, 0.25) is 0 Å². The molecule has 0 aliphatic rings. The van der Waals surface area contributed by atoms with E-state index in [-0.39, 0.29) is 0 Å². The summed E-state index contributed by atoms with van der Waals surface area (Å²) in [4.78, 5) is 0. The maximum atomic E-state index is 5.94. The van der Waals surface area contributed by atoms with Crippen LogP contribution in [-0.4, -0.2) is 40.5 Å². The van der Waals surface area contributed by atoms with Gasteiger partial charge in [-0.15, -0.1) is 5.10 Å². The zero-order valence-electron chi connectivity index (χ0n) is 11.0. The van der Waals surface area contributed by atoms with Crippen molar-refractivity contribution < 1.29 is 9.47 Å². The normalized spacial score (nSPS) is 10.6. The third-order valence-electron chi connectivity index (χ3n) is 2.61. The molecule has 2 rings (SSSR count). The maximum absolute atomic E-state index is 5.94. The lowest BCUT2D eigenvalue weighted by molar-refractivity contribution is 0.183. The molecule has 1 aromatic carbocycles. The Morgan fingerprint density at radius 3 is 2.95 bits per heavy atom. The number of hydrogen-bond acceptors (Lipinski definition) is 6. The molecule has 0 bridgehead atoms. The monoisotopic (exact) mass is 263 g/mol. The van der Waals surface area contributed by atoms with Crippen molar-refractivity contribution >= 4 is 5.69 Å². The minimum absolute atomic E-state index is 0.529. The third-order valence-corrected chi connectivity index (χ3v) is 2.61. The van der Waals surface area contributed by atoms with Gasteiger partial charge in [0, 0.05) is 7.11 Å². The topological polar surface area (TPSA) is 88.1 Å². The first-order valence-electron chi connectivity index (χ1n) is 6.04. The van der Waals surface area contributed by atoms with Crippen molar-refractivity contribution in [2.24, 2.45) is 0 Å². The van der Waals surface area contributed by atoms with Crippen molar-refractivity contribution in [1.29, 1.82) is 0 Å². The average molecular weight is 263 g/mol. The number of nitrogens with zero attached hydrogens (tertiary/aromatic N) is 4. The predicted molar refractivity (Wildman–Crippen MR) is 70.7 cm³/mol. The molecular weight excluding hydrogens is 246 g/mol. The summed E-state index contributed by atoms with van der Waals surface area (Å²) < 4.78 is 12.3. The minimum atomic E-state index is 0.529. The molecule has 0 fully saturated rings. The molecule has 1 aromatic heterocycles. The summed E-state index contributed by atoms with van der Waals surface area (Å²) in [6.07, 6.45) is 0. The van der Waals surface area contributed by atoms with Crippen LogP contribution < -0.4 is 10.5 Å². The van der Waals surface area contributed by atoms with Gasteiger partial charge < -0.3 is 15.2 Å². The quantitative estimate of drug-likeness (QED) is 0.781. The zero-order chi connectivity index (χ0) is 13.7. The highest BCUT2D eigenvalue weighted by Crippen LogP contribution is 2.33. The highest BCUT2D eigenvalue weighted by Gasteiger charge is 2.15. The van der Waals surface area contributed by atoms with E-state index in [1.807, 2.05) is 19.1 Å². The Bertz CT molecular complexity index is 541. The summed E-state index contributed by atoms with van der Waals surface area (Å²) in [7, 11) is 1.64. The molecule has 0 atom stereocenters. The molecule has 2 N–H and O–H groups in total. The Kier molecular flexibility index (Phi) is 4.30. The van der Waals surface area contributed by atoms with Gasteiger partial charge in [-0.05, 0) is 29.5 Å². The lowest BCUT2D eigenvalue weighted by Gasteiger charge is -2.12. The van der Waals surface area contributed by atoms with Crippen LogP contribution in [0.4, 0.5) is 5.69 Å². The van der Waals surface area contributed by atoms with Crippen LogP contribution in [0.5, 0.6) is 5.75 Å². The number of tetrazole rings is 1. The van der Waals surface area contributed by atoms with Crippen molar-refractivity contribution in [1.82, 2.24) is 20.2 Å². The van der Waals surface area contributed by atoms with Crippen molar-refractivity contribution in [2.45, 2.75) is 13.5 Å². The molecule has 7 heteroatoms. The van der Waals surface area contributed by atoms with Crippen LogP contribution in [0.1, 0.15) is 6.92 Å². The fourth-order valence-electron chi connectivity index (χ4n) is 1.76. The summed E-state index contributed by atoms with van der Waals surface area (Å²) in [5.41, 5.74) is 7.29. The van der Waals surface area contributed by atoms with E-state index in [1.54, 1.807) is 17.9 Å². The number of aromatic nitrogens is 4. The smallest absolute Gasteiger partial charge is 0.185 e. The Labute approximate surface area is 111 Å². The van der Waals surface area contributed by atoms with Crippen molar-refractivity contribution in [2.75, 3.05) is 26.1 Å². The van der Waals surface area contributed by atoms with Crippen LogP contribution >= 0.6 is 0 Å². The first-order valence-corrected chi connectivity index (χ1v) is 6.04. The van der Waals surface area contributed by atoms with Gasteiger partial charge in [-0.1, -0.05) is 6.07 Å². The van der Waals surface area contributed by atoms with Gasteiger partial charge in [0.05, 0.1) is 31.0 Å². The number of nitrogen functional groups attached to an aromatic ring is 1. The van der Waals surface area contributed by atoms with Gasteiger partial charge in [0.1, 0.15) is 0 Å². The molecule has 19 heavy (non-hydrogen) atoms. The first kappa shape index (κ1) is 13.3. The van der Waals surface area contributed by atoms with Crippen LogP contribution in [0.3, 0.4) is 0 Å². The summed E-state index contributed by atoms with van der Waals surface area (Å²) in [6.45, 7) is 3.54. The van der Waals surface area contributed by atoms with E-state index in [0.717, 1.165) is 5.56 Å². The summed E-state index contributed by atoms with van der Waals surface area (Å²) in [5, 5.41) is 11.7. The van der Waals surface area contributed by atoms with E-state index in [1.165, 1.54) is 0 Å². The second-order valence-corrected chi connectivity index (χ2v) is 3.88. The van der Waals surface area contributed by atoms with E-state index in [9.17, 15) is 0 Å². The average Bonchev–Trinajstić information content (AvgIpc) is 2.87. The standard InChI is InChI=1S/C12H17N5O2/c1-3-19-11-9(5-4-6-10(11)13)12-14-15-16-17(12)7-8-18-2/h4-6H,3,7-8,13H2,1-2H3. The number of anilines is 1. The second kappa shape index (κ2) is 6.14.